The fourth-order valence-corrected chi connectivity index (χ4v) is 4.76. The number of amides is 1. The molecule has 2 aromatic rings. The van der Waals surface area contributed by atoms with Gasteiger partial charge in [-0.25, -0.2) is 0 Å². The van der Waals surface area contributed by atoms with Gasteiger partial charge >= 0.3 is 0 Å². The third-order valence-corrected chi connectivity index (χ3v) is 6.55. The van der Waals surface area contributed by atoms with E-state index in [1.807, 2.05) is 18.2 Å². The van der Waals surface area contributed by atoms with Gasteiger partial charge in [0.05, 0.1) is 31.4 Å². The lowest BCUT2D eigenvalue weighted by Gasteiger charge is -2.32. The number of aliphatic imine (C=N–C) groups is 2. The average Bonchev–Trinajstić information content (AvgIpc) is 2.87. The van der Waals surface area contributed by atoms with Crippen LogP contribution in [0.15, 0.2) is 64.1 Å². The highest BCUT2D eigenvalue weighted by atomic mass is 16.5. The number of amidine groups is 1. The number of methoxy groups -OCH3 is 1. The lowest BCUT2D eigenvalue weighted by atomic mass is 9.81. The van der Waals surface area contributed by atoms with Gasteiger partial charge in [-0.3, -0.25) is 14.8 Å². The van der Waals surface area contributed by atoms with Gasteiger partial charge in [0.25, 0.3) is 0 Å². The number of fused-ring (bicyclic) bond motifs is 2. The largest absolute Gasteiger partial charge is 0.497 e. The maximum absolute atomic E-state index is 12.8. The Balaban J connectivity index is 1.56. The minimum atomic E-state index is -0.399. The molecule has 1 fully saturated rings. The number of piperidine rings is 1. The Morgan fingerprint density at radius 2 is 2.06 bits per heavy atom. The van der Waals surface area contributed by atoms with E-state index in [9.17, 15) is 4.79 Å². The Labute approximate surface area is 193 Å². The van der Waals surface area contributed by atoms with Crippen molar-refractivity contribution in [2.45, 2.75) is 24.9 Å². The van der Waals surface area contributed by atoms with Crippen LogP contribution in [0.25, 0.3) is 16.3 Å². The van der Waals surface area contributed by atoms with Crippen molar-refractivity contribution in [3.8, 4) is 5.75 Å². The summed E-state index contributed by atoms with van der Waals surface area (Å²) in [6.45, 7) is 1.91. The van der Waals surface area contributed by atoms with Gasteiger partial charge in [-0.05, 0) is 65.6 Å². The maximum atomic E-state index is 12.8. The number of allylic oxidation sites excluding steroid dienone is 2. The molecule has 0 radical (unpaired) electrons. The third kappa shape index (κ3) is 4.28. The smallest absolute Gasteiger partial charge is 0.229 e. The van der Waals surface area contributed by atoms with Crippen LogP contribution in [0.4, 0.5) is 0 Å². The minimum absolute atomic E-state index is 0.0497. The summed E-state index contributed by atoms with van der Waals surface area (Å²) in [4.78, 5) is 22.5. The zero-order chi connectivity index (χ0) is 22.8. The highest BCUT2D eigenvalue weighted by Crippen LogP contribution is 2.34. The summed E-state index contributed by atoms with van der Waals surface area (Å²) in [5, 5.41) is 11.7. The first kappa shape index (κ1) is 21.4. The molecule has 170 valence electrons. The second kappa shape index (κ2) is 9.19. The summed E-state index contributed by atoms with van der Waals surface area (Å²) >= 11 is 0. The number of ether oxygens (including phenoxy) is 1. The van der Waals surface area contributed by atoms with Crippen LogP contribution in [0.2, 0.25) is 0 Å². The molecule has 2 aromatic carbocycles. The molecule has 2 heterocycles. The Bertz CT molecular complexity index is 1190. The highest BCUT2D eigenvalue weighted by molar-refractivity contribution is 6.10. The summed E-state index contributed by atoms with van der Waals surface area (Å²) in [6.07, 6.45) is 8.01. The fraction of sp³-hybridized carbons (Fsp3) is 0.346. The van der Waals surface area contributed by atoms with Gasteiger partial charge < -0.3 is 20.7 Å². The van der Waals surface area contributed by atoms with Crippen molar-refractivity contribution in [3.63, 3.8) is 0 Å². The molecule has 0 aromatic heterocycles. The van der Waals surface area contributed by atoms with E-state index >= 15 is 0 Å². The molecule has 1 saturated heterocycles. The zero-order valence-electron chi connectivity index (χ0n) is 19.0. The molecular formula is C26H29N5O2. The van der Waals surface area contributed by atoms with E-state index in [1.54, 1.807) is 20.5 Å². The first-order valence-corrected chi connectivity index (χ1v) is 11.5. The van der Waals surface area contributed by atoms with Gasteiger partial charge in [0.2, 0.25) is 5.91 Å². The van der Waals surface area contributed by atoms with Crippen molar-refractivity contribution in [2.75, 3.05) is 27.2 Å². The summed E-state index contributed by atoms with van der Waals surface area (Å²) in [6, 6.07) is 12.3. The molecule has 3 unspecified atom stereocenters. The maximum Gasteiger partial charge on any atom is 0.229 e. The van der Waals surface area contributed by atoms with Gasteiger partial charge in [-0.2, -0.15) is 0 Å². The normalized spacial score (nSPS) is 25.6. The number of rotatable bonds is 4. The topological polar surface area (TPSA) is 87.1 Å². The number of hydrogen-bond acceptors (Lipinski definition) is 5. The van der Waals surface area contributed by atoms with Gasteiger partial charge in [0, 0.05) is 19.2 Å². The molecule has 7 heteroatoms. The zero-order valence-corrected chi connectivity index (χ0v) is 19.0. The Hall–Kier alpha value is -3.45. The quantitative estimate of drug-likeness (QED) is 0.678. The Morgan fingerprint density at radius 1 is 1.21 bits per heavy atom. The molecule has 2 aliphatic heterocycles. The molecule has 1 aliphatic carbocycles. The van der Waals surface area contributed by atoms with Gasteiger partial charge in [0.15, 0.2) is 0 Å². The molecule has 3 atom stereocenters. The van der Waals surface area contributed by atoms with Crippen LogP contribution in [-0.2, 0) is 4.79 Å². The lowest BCUT2D eigenvalue weighted by Crippen LogP contribution is -2.45. The molecule has 3 N–H and O–H groups in total. The summed E-state index contributed by atoms with van der Waals surface area (Å²) in [5.74, 6) is 1.20. The van der Waals surface area contributed by atoms with E-state index in [0.717, 1.165) is 65.0 Å². The number of carbonyl (C=O) groups is 1. The SMILES string of the molecule is CNC(=O)C1C=C(c2ccc3cc(OC)ccc3c2)C=C2C(=NC3CCCNC3)NC=NC21. The molecule has 0 bridgehead atoms. The van der Waals surface area contributed by atoms with Crippen LogP contribution < -0.4 is 20.7 Å². The Kier molecular flexibility index (Phi) is 5.96. The van der Waals surface area contributed by atoms with E-state index in [1.165, 1.54) is 0 Å². The first-order valence-electron chi connectivity index (χ1n) is 11.5. The molecule has 3 aliphatic rings. The number of carbonyl (C=O) groups excluding carboxylic acids is 1. The fourth-order valence-electron chi connectivity index (χ4n) is 4.76. The van der Waals surface area contributed by atoms with Crippen LogP contribution in [0, 0.1) is 5.92 Å². The molecule has 1 amide bonds. The summed E-state index contributed by atoms with van der Waals surface area (Å²) in [7, 11) is 3.35. The highest BCUT2D eigenvalue weighted by Gasteiger charge is 2.36. The van der Waals surface area contributed by atoms with Crippen LogP contribution in [0.3, 0.4) is 0 Å². The number of nitrogens with zero attached hydrogens (tertiary/aromatic N) is 2. The van der Waals surface area contributed by atoms with E-state index in [4.69, 9.17) is 9.73 Å². The van der Waals surface area contributed by atoms with Crippen molar-refractivity contribution in [3.05, 3.63) is 59.7 Å². The van der Waals surface area contributed by atoms with Crippen LogP contribution >= 0.6 is 0 Å². The van der Waals surface area contributed by atoms with Crippen molar-refractivity contribution in [2.24, 2.45) is 15.9 Å². The van der Waals surface area contributed by atoms with Crippen molar-refractivity contribution in [1.82, 2.24) is 16.0 Å². The number of benzene rings is 2. The van der Waals surface area contributed by atoms with Crippen LogP contribution in [0.5, 0.6) is 5.75 Å². The molecule has 0 spiro atoms. The molecule has 5 rings (SSSR count). The van der Waals surface area contributed by atoms with Gasteiger partial charge in [-0.1, -0.05) is 24.3 Å². The van der Waals surface area contributed by atoms with Crippen LogP contribution in [0.1, 0.15) is 18.4 Å². The third-order valence-electron chi connectivity index (χ3n) is 6.55. The van der Waals surface area contributed by atoms with E-state index < -0.39 is 5.92 Å². The van der Waals surface area contributed by atoms with E-state index in [0.29, 0.717) is 0 Å². The summed E-state index contributed by atoms with van der Waals surface area (Å²) < 4.78 is 5.35. The monoisotopic (exact) mass is 443 g/mol. The molecule has 7 nitrogen and oxygen atoms in total. The van der Waals surface area contributed by atoms with E-state index in [2.05, 4.69) is 51.3 Å². The van der Waals surface area contributed by atoms with Crippen molar-refractivity contribution < 1.29 is 9.53 Å². The lowest BCUT2D eigenvalue weighted by molar-refractivity contribution is -0.123. The average molecular weight is 444 g/mol. The second-order valence-corrected chi connectivity index (χ2v) is 8.63. The predicted molar refractivity (Wildman–Crippen MR) is 133 cm³/mol. The van der Waals surface area contributed by atoms with Crippen molar-refractivity contribution in [1.29, 1.82) is 0 Å². The molecular weight excluding hydrogens is 414 g/mol. The van der Waals surface area contributed by atoms with Gasteiger partial charge in [-0.15, -0.1) is 0 Å². The minimum Gasteiger partial charge on any atom is -0.497 e. The van der Waals surface area contributed by atoms with E-state index in [-0.39, 0.29) is 18.0 Å². The van der Waals surface area contributed by atoms with Gasteiger partial charge in [0.1, 0.15) is 11.6 Å². The van der Waals surface area contributed by atoms with Crippen LogP contribution in [-0.4, -0.2) is 57.4 Å². The Morgan fingerprint density at radius 3 is 2.85 bits per heavy atom. The standard InChI is InChI=1S/C26H29N5O2/c1-27-26(32)23-13-19(17-5-6-18-11-21(33-2)8-7-16(18)10-17)12-22-24(23)29-15-30-25(22)31-20-4-3-9-28-14-20/h5-8,10-13,15,20,23-24,28H,3-4,9,14H2,1-2H3,(H,27,32)(H,29,30,31). The number of hydrogen-bond donors (Lipinski definition) is 3. The molecule has 33 heavy (non-hydrogen) atoms. The summed E-state index contributed by atoms with van der Waals surface area (Å²) in [5.41, 5.74) is 3.02. The van der Waals surface area contributed by atoms with Crippen molar-refractivity contribution >= 4 is 34.4 Å². The molecule has 0 saturated carbocycles. The predicted octanol–water partition coefficient (Wildman–Crippen LogP) is 2.68. The first-order chi connectivity index (χ1) is 16.2. The number of nitrogens with one attached hydrogen (secondary N) is 3. The second-order valence-electron chi connectivity index (χ2n) is 8.63.